The Labute approximate surface area is 98.4 Å². The molecule has 0 aromatic heterocycles. The van der Waals surface area contributed by atoms with Crippen LogP contribution in [-0.4, -0.2) is 5.11 Å². The summed E-state index contributed by atoms with van der Waals surface area (Å²) in [6, 6.07) is 4.66. The summed E-state index contributed by atoms with van der Waals surface area (Å²) in [5.41, 5.74) is -0.720. The average molecular weight is 275 g/mol. The Balaban J connectivity index is 3.29. The summed E-state index contributed by atoms with van der Waals surface area (Å²) in [5, 5.41) is 10.4. The molecule has 0 aliphatic heterocycles. The van der Waals surface area contributed by atoms with Crippen molar-refractivity contribution in [1.82, 2.24) is 0 Å². The molecule has 15 heavy (non-hydrogen) atoms. The molecule has 1 unspecified atom stereocenters. The fourth-order valence-electron chi connectivity index (χ4n) is 1.74. The lowest BCUT2D eigenvalue weighted by molar-refractivity contribution is -0.0171. The molecule has 1 nitrogen and oxygen atoms in total. The van der Waals surface area contributed by atoms with Gasteiger partial charge >= 0.3 is 0 Å². The van der Waals surface area contributed by atoms with E-state index in [1.54, 1.807) is 12.1 Å². The molecule has 1 aromatic rings. The van der Waals surface area contributed by atoms with E-state index < -0.39 is 5.60 Å². The standard InChI is InChI=1S/C12H16BrFO/c1-4-12(15,8(2)3)10-7-9(13)5-6-11(10)14/h5-8,15H,4H2,1-3H3. The Morgan fingerprint density at radius 3 is 2.53 bits per heavy atom. The highest BCUT2D eigenvalue weighted by Gasteiger charge is 2.33. The molecule has 0 spiro atoms. The lowest BCUT2D eigenvalue weighted by Crippen LogP contribution is -2.32. The highest BCUT2D eigenvalue weighted by Crippen LogP contribution is 2.35. The van der Waals surface area contributed by atoms with E-state index in [9.17, 15) is 9.50 Å². The Morgan fingerprint density at radius 1 is 1.47 bits per heavy atom. The SMILES string of the molecule is CCC(O)(c1cc(Br)ccc1F)C(C)C. The van der Waals surface area contributed by atoms with Crippen LogP contribution in [-0.2, 0) is 5.60 Å². The number of benzene rings is 1. The molecule has 1 N–H and O–H groups in total. The monoisotopic (exact) mass is 274 g/mol. The maximum absolute atomic E-state index is 13.6. The first-order valence-electron chi connectivity index (χ1n) is 5.09. The maximum atomic E-state index is 13.6. The van der Waals surface area contributed by atoms with Crippen LogP contribution >= 0.6 is 15.9 Å². The van der Waals surface area contributed by atoms with Gasteiger partial charge in [-0.05, 0) is 30.5 Å². The molecule has 0 radical (unpaired) electrons. The molecule has 0 saturated heterocycles. The maximum Gasteiger partial charge on any atom is 0.129 e. The van der Waals surface area contributed by atoms with Gasteiger partial charge in [0.1, 0.15) is 5.82 Å². The van der Waals surface area contributed by atoms with Gasteiger partial charge in [-0.1, -0.05) is 36.7 Å². The van der Waals surface area contributed by atoms with Crippen LogP contribution in [0.2, 0.25) is 0 Å². The average Bonchev–Trinajstić information content (AvgIpc) is 2.20. The Hall–Kier alpha value is -0.410. The number of rotatable bonds is 3. The van der Waals surface area contributed by atoms with E-state index in [0.29, 0.717) is 12.0 Å². The van der Waals surface area contributed by atoms with Crippen molar-refractivity contribution in [2.45, 2.75) is 32.8 Å². The minimum Gasteiger partial charge on any atom is -0.385 e. The zero-order valence-corrected chi connectivity index (χ0v) is 10.8. The highest BCUT2D eigenvalue weighted by atomic mass is 79.9. The van der Waals surface area contributed by atoms with Gasteiger partial charge in [-0.3, -0.25) is 0 Å². The first-order chi connectivity index (χ1) is 6.91. The lowest BCUT2D eigenvalue weighted by Gasteiger charge is -2.32. The van der Waals surface area contributed by atoms with Crippen molar-refractivity contribution < 1.29 is 9.50 Å². The zero-order valence-electron chi connectivity index (χ0n) is 9.22. The summed E-state index contributed by atoms with van der Waals surface area (Å²) in [6.45, 7) is 5.65. The van der Waals surface area contributed by atoms with Gasteiger partial charge in [0, 0.05) is 10.0 Å². The van der Waals surface area contributed by atoms with E-state index in [4.69, 9.17) is 0 Å². The van der Waals surface area contributed by atoms with Gasteiger partial charge in [0.25, 0.3) is 0 Å². The number of hydrogen-bond acceptors (Lipinski definition) is 1. The van der Waals surface area contributed by atoms with Crippen LogP contribution in [0.15, 0.2) is 22.7 Å². The van der Waals surface area contributed by atoms with E-state index in [1.165, 1.54) is 6.07 Å². The molecule has 0 heterocycles. The molecule has 0 fully saturated rings. The molecular formula is C12H16BrFO. The zero-order chi connectivity index (χ0) is 11.6. The van der Waals surface area contributed by atoms with Crippen LogP contribution in [0.1, 0.15) is 32.8 Å². The summed E-state index contributed by atoms with van der Waals surface area (Å²) in [6.07, 6.45) is 0.498. The topological polar surface area (TPSA) is 20.2 Å². The van der Waals surface area contributed by atoms with Crippen molar-refractivity contribution in [3.63, 3.8) is 0 Å². The van der Waals surface area contributed by atoms with E-state index in [1.807, 2.05) is 20.8 Å². The predicted molar refractivity (Wildman–Crippen MR) is 63.1 cm³/mol. The molecule has 0 bridgehead atoms. The van der Waals surface area contributed by atoms with Gasteiger partial charge in [-0.25, -0.2) is 4.39 Å². The van der Waals surface area contributed by atoms with Crippen LogP contribution in [0.4, 0.5) is 4.39 Å². The summed E-state index contributed by atoms with van der Waals surface area (Å²) >= 11 is 3.29. The normalized spacial score (nSPS) is 15.4. The lowest BCUT2D eigenvalue weighted by atomic mass is 9.81. The molecule has 0 aliphatic carbocycles. The van der Waals surface area contributed by atoms with Gasteiger partial charge in [0.05, 0.1) is 5.60 Å². The summed E-state index contributed by atoms with van der Waals surface area (Å²) in [5.74, 6) is -0.373. The summed E-state index contributed by atoms with van der Waals surface area (Å²) in [4.78, 5) is 0. The third-order valence-corrected chi connectivity index (χ3v) is 3.38. The largest absolute Gasteiger partial charge is 0.385 e. The van der Waals surface area contributed by atoms with Crippen molar-refractivity contribution in [3.05, 3.63) is 34.1 Å². The fourth-order valence-corrected chi connectivity index (χ4v) is 2.10. The molecule has 1 rings (SSSR count). The second-order valence-corrected chi connectivity index (χ2v) is 4.97. The second kappa shape index (κ2) is 4.62. The molecule has 0 aliphatic rings. The first-order valence-corrected chi connectivity index (χ1v) is 5.89. The van der Waals surface area contributed by atoms with Crippen molar-refractivity contribution in [2.75, 3.05) is 0 Å². The Morgan fingerprint density at radius 2 is 2.07 bits per heavy atom. The van der Waals surface area contributed by atoms with Crippen molar-refractivity contribution in [3.8, 4) is 0 Å². The molecular weight excluding hydrogens is 259 g/mol. The van der Waals surface area contributed by atoms with E-state index in [-0.39, 0.29) is 11.7 Å². The van der Waals surface area contributed by atoms with Gasteiger partial charge in [0.2, 0.25) is 0 Å². The van der Waals surface area contributed by atoms with Crippen LogP contribution in [0, 0.1) is 11.7 Å². The van der Waals surface area contributed by atoms with Crippen molar-refractivity contribution in [1.29, 1.82) is 0 Å². The molecule has 3 heteroatoms. The molecule has 1 atom stereocenters. The minimum absolute atomic E-state index is 0.0219. The Bertz CT molecular complexity index is 351. The van der Waals surface area contributed by atoms with Crippen LogP contribution in [0.3, 0.4) is 0 Å². The number of halogens is 2. The van der Waals surface area contributed by atoms with Crippen molar-refractivity contribution in [2.24, 2.45) is 5.92 Å². The van der Waals surface area contributed by atoms with Gasteiger partial charge in [-0.15, -0.1) is 0 Å². The van der Waals surface area contributed by atoms with E-state index in [0.717, 1.165) is 4.47 Å². The summed E-state index contributed by atoms with van der Waals surface area (Å²) < 4.78 is 14.4. The molecule has 0 saturated carbocycles. The van der Waals surface area contributed by atoms with Crippen molar-refractivity contribution >= 4 is 15.9 Å². The molecule has 84 valence electrons. The third kappa shape index (κ3) is 2.40. The van der Waals surface area contributed by atoms with Gasteiger partial charge in [0.15, 0.2) is 0 Å². The van der Waals surface area contributed by atoms with Crippen LogP contribution in [0.5, 0.6) is 0 Å². The van der Waals surface area contributed by atoms with Gasteiger partial charge < -0.3 is 5.11 Å². The third-order valence-electron chi connectivity index (χ3n) is 2.89. The first kappa shape index (κ1) is 12.7. The van der Waals surface area contributed by atoms with Gasteiger partial charge in [-0.2, -0.15) is 0 Å². The predicted octanol–water partition coefficient (Wildman–Crippen LogP) is 3.84. The smallest absolute Gasteiger partial charge is 0.129 e. The fraction of sp³-hybridized carbons (Fsp3) is 0.500. The van der Waals surface area contributed by atoms with Crippen LogP contribution in [0.25, 0.3) is 0 Å². The quantitative estimate of drug-likeness (QED) is 0.888. The van der Waals surface area contributed by atoms with Crippen LogP contribution < -0.4 is 0 Å². The Kier molecular flexibility index (Phi) is 3.90. The molecule has 0 amide bonds. The van der Waals surface area contributed by atoms with E-state index in [2.05, 4.69) is 15.9 Å². The summed E-state index contributed by atoms with van der Waals surface area (Å²) in [7, 11) is 0. The second-order valence-electron chi connectivity index (χ2n) is 4.06. The number of aliphatic hydroxyl groups is 1. The molecule has 1 aromatic carbocycles. The van der Waals surface area contributed by atoms with E-state index >= 15 is 0 Å². The highest BCUT2D eigenvalue weighted by molar-refractivity contribution is 9.10. The number of hydrogen-bond donors (Lipinski definition) is 1. The minimum atomic E-state index is -1.09.